The van der Waals surface area contributed by atoms with Crippen molar-refractivity contribution in [2.24, 2.45) is 0 Å². The predicted octanol–water partition coefficient (Wildman–Crippen LogP) is 4.42. The van der Waals surface area contributed by atoms with Gasteiger partial charge in [-0.3, -0.25) is 9.69 Å². The van der Waals surface area contributed by atoms with Crippen LogP contribution in [-0.2, 0) is 4.79 Å². The highest BCUT2D eigenvalue weighted by Crippen LogP contribution is 2.44. The second-order valence-corrected chi connectivity index (χ2v) is 7.12. The van der Waals surface area contributed by atoms with Gasteiger partial charge in [0.1, 0.15) is 12.1 Å². The number of hydrogen-bond acceptors (Lipinski definition) is 4. The van der Waals surface area contributed by atoms with Gasteiger partial charge in [0.25, 0.3) is 0 Å². The highest BCUT2D eigenvalue weighted by Gasteiger charge is 2.39. The van der Waals surface area contributed by atoms with Crippen LogP contribution >= 0.6 is 11.6 Å². The normalized spacial score (nSPS) is 18.6. The second kappa shape index (κ2) is 7.64. The number of para-hydroxylation sites is 1. The molecule has 2 atom stereocenters. The molecule has 0 saturated heterocycles. The van der Waals surface area contributed by atoms with Gasteiger partial charge < -0.3 is 4.74 Å². The number of benzene rings is 2. The topological polar surface area (TPSA) is 60.2 Å². The molecular weight excluding hydrogens is 376 g/mol. The summed E-state index contributed by atoms with van der Waals surface area (Å²) in [4.78, 5) is 19.0. The van der Waals surface area contributed by atoms with E-state index >= 15 is 0 Å². The Morgan fingerprint density at radius 2 is 1.93 bits per heavy atom. The van der Waals surface area contributed by atoms with Crippen molar-refractivity contribution in [2.45, 2.75) is 31.8 Å². The SMILES string of the molecule is CCC(=O)N1c2ncnn2[C@H](c2ccccc2OC)C[C@H]1c1ccc(Cl)cc1. The lowest BCUT2D eigenvalue weighted by atomic mass is 9.91. The second-order valence-electron chi connectivity index (χ2n) is 6.68. The molecular formula is C21H21ClN4O2. The van der Waals surface area contributed by atoms with Gasteiger partial charge >= 0.3 is 0 Å². The number of carbonyl (C=O) groups excluding carboxylic acids is 1. The summed E-state index contributed by atoms with van der Waals surface area (Å²) in [6.07, 6.45) is 2.54. The summed E-state index contributed by atoms with van der Waals surface area (Å²) in [6, 6.07) is 15.3. The molecule has 0 radical (unpaired) electrons. The summed E-state index contributed by atoms with van der Waals surface area (Å²) >= 11 is 6.08. The Bertz CT molecular complexity index is 986. The first kappa shape index (κ1) is 18.5. The van der Waals surface area contributed by atoms with E-state index < -0.39 is 0 Å². The molecule has 1 aliphatic rings. The summed E-state index contributed by atoms with van der Waals surface area (Å²) in [5.74, 6) is 1.35. The van der Waals surface area contributed by atoms with Crippen LogP contribution in [0.25, 0.3) is 0 Å². The van der Waals surface area contributed by atoms with Crippen LogP contribution in [-0.4, -0.2) is 27.8 Å². The molecule has 1 amide bonds. The molecule has 1 aliphatic heterocycles. The van der Waals surface area contributed by atoms with Crippen molar-refractivity contribution < 1.29 is 9.53 Å². The Balaban J connectivity index is 1.86. The number of anilines is 1. The minimum atomic E-state index is -0.170. The zero-order valence-electron chi connectivity index (χ0n) is 15.7. The number of amides is 1. The van der Waals surface area contributed by atoms with E-state index in [2.05, 4.69) is 10.1 Å². The van der Waals surface area contributed by atoms with Crippen molar-refractivity contribution in [1.29, 1.82) is 0 Å². The van der Waals surface area contributed by atoms with Crippen molar-refractivity contribution in [3.05, 3.63) is 71.0 Å². The van der Waals surface area contributed by atoms with Crippen LogP contribution in [0, 0.1) is 0 Å². The highest BCUT2D eigenvalue weighted by molar-refractivity contribution is 6.30. The van der Waals surface area contributed by atoms with Crippen LogP contribution in [0.1, 0.15) is 43.0 Å². The van der Waals surface area contributed by atoms with Crippen LogP contribution in [0.4, 0.5) is 5.95 Å². The van der Waals surface area contributed by atoms with E-state index in [1.165, 1.54) is 6.33 Å². The van der Waals surface area contributed by atoms with Gasteiger partial charge in [-0.15, -0.1) is 0 Å². The molecule has 7 heteroatoms. The summed E-state index contributed by atoms with van der Waals surface area (Å²) < 4.78 is 7.40. The molecule has 1 aromatic heterocycles. The van der Waals surface area contributed by atoms with E-state index in [0.717, 1.165) is 16.9 Å². The number of hydrogen-bond donors (Lipinski definition) is 0. The molecule has 3 aromatic rings. The Morgan fingerprint density at radius 3 is 2.64 bits per heavy atom. The van der Waals surface area contributed by atoms with Crippen molar-refractivity contribution in [3.63, 3.8) is 0 Å². The maximum Gasteiger partial charge on any atom is 0.231 e. The number of carbonyl (C=O) groups is 1. The van der Waals surface area contributed by atoms with Crippen LogP contribution in [0.3, 0.4) is 0 Å². The fourth-order valence-corrected chi connectivity index (χ4v) is 3.94. The Kier molecular flexibility index (Phi) is 5.05. The molecule has 0 aliphatic carbocycles. The highest BCUT2D eigenvalue weighted by atomic mass is 35.5. The van der Waals surface area contributed by atoms with Gasteiger partial charge in [0, 0.05) is 17.0 Å². The van der Waals surface area contributed by atoms with Crippen molar-refractivity contribution in [1.82, 2.24) is 14.8 Å². The minimum absolute atomic E-state index is 0.00711. The largest absolute Gasteiger partial charge is 0.496 e. The van der Waals surface area contributed by atoms with Gasteiger partial charge in [-0.2, -0.15) is 10.1 Å². The van der Waals surface area contributed by atoms with Crippen molar-refractivity contribution in [3.8, 4) is 5.75 Å². The summed E-state index contributed by atoms with van der Waals surface area (Å²) in [5.41, 5.74) is 2.03. The molecule has 0 bridgehead atoms. The molecule has 0 fully saturated rings. The maximum absolute atomic E-state index is 12.8. The lowest BCUT2D eigenvalue weighted by Crippen LogP contribution is -2.42. The number of fused-ring (bicyclic) bond motifs is 1. The van der Waals surface area contributed by atoms with E-state index in [4.69, 9.17) is 16.3 Å². The van der Waals surface area contributed by atoms with Crippen LogP contribution in [0.2, 0.25) is 5.02 Å². The number of nitrogens with zero attached hydrogens (tertiary/aromatic N) is 4. The minimum Gasteiger partial charge on any atom is -0.496 e. The smallest absolute Gasteiger partial charge is 0.231 e. The first-order valence-corrected chi connectivity index (χ1v) is 9.61. The van der Waals surface area contributed by atoms with Gasteiger partial charge in [0.05, 0.1) is 19.2 Å². The van der Waals surface area contributed by atoms with E-state index in [0.29, 0.717) is 23.8 Å². The van der Waals surface area contributed by atoms with Crippen LogP contribution in [0.15, 0.2) is 54.9 Å². The summed E-state index contributed by atoms with van der Waals surface area (Å²) in [6.45, 7) is 1.86. The van der Waals surface area contributed by atoms with Gasteiger partial charge in [-0.1, -0.05) is 48.9 Å². The predicted molar refractivity (Wildman–Crippen MR) is 108 cm³/mol. The van der Waals surface area contributed by atoms with E-state index in [9.17, 15) is 4.79 Å². The zero-order chi connectivity index (χ0) is 19.7. The monoisotopic (exact) mass is 396 g/mol. The molecule has 6 nitrogen and oxygen atoms in total. The third-order valence-corrected chi connectivity index (χ3v) is 5.40. The number of aromatic nitrogens is 3. The number of halogens is 1. The van der Waals surface area contributed by atoms with E-state index in [1.54, 1.807) is 12.0 Å². The van der Waals surface area contributed by atoms with E-state index in [1.807, 2.05) is 60.1 Å². The molecule has 0 saturated carbocycles. The Morgan fingerprint density at radius 1 is 1.18 bits per heavy atom. The van der Waals surface area contributed by atoms with Gasteiger partial charge in [-0.05, 0) is 30.2 Å². The molecule has 2 aromatic carbocycles. The van der Waals surface area contributed by atoms with Crippen LogP contribution < -0.4 is 9.64 Å². The first-order valence-electron chi connectivity index (χ1n) is 9.24. The molecule has 28 heavy (non-hydrogen) atoms. The third kappa shape index (κ3) is 3.14. The quantitative estimate of drug-likeness (QED) is 0.655. The fourth-order valence-electron chi connectivity index (χ4n) is 3.82. The van der Waals surface area contributed by atoms with Gasteiger partial charge in [0.15, 0.2) is 0 Å². The van der Waals surface area contributed by atoms with E-state index in [-0.39, 0.29) is 18.0 Å². The van der Waals surface area contributed by atoms with Crippen molar-refractivity contribution in [2.75, 3.05) is 12.0 Å². The molecule has 2 heterocycles. The molecule has 0 spiro atoms. The molecule has 0 N–H and O–H groups in total. The molecule has 4 rings (SSSR count). The molecule has 144 valence electrons. The standard InChI is InChI=1S/C21H21ClN4O2/c1-3-20(27)25-17(14-8-10-15(22)11-9-14)12-18(26-21(25)23-13-24-26)16-6-4-5-7-19(16)28-2/h4-11,13,17-18H,3,12H2,1-2H3/t17-,18-/m0/s1. The zero-order valence-corrected chi connectivity index (χ0v) is 16.5. The average Bonchev–Trinajstić information content (AvgIpc) is 3.22. The van der Waals surface area contributed by atoms with Crippen molar-refractivity contribution >= 4 is 23.5 Å². The lowest BCUT2D eigenvalue weighted by Gasteiger charge is -2.39. The summed E-state index contributed by atoms with van der Waals surface area (Å²) in [5, 5.41) is 5.10. The maximum atomic E-state index is 12.8. The number of rotatable bonds is 4. The van der Waals surface area contributed by atoms with Gasteiger partial charge in [-0.25, -0.2) is 4.68 Å². The first-order chi connectivity index (χ1) is 13.6. The lowest BCUT2D eigenvalue weighted by molar-refractivity contribution is -0.119. The van der Waals surface area contributed by atoms with Crippen LogP contribution in [0.5, 0.6) is 5.75 Å². The summed E-state index contributed by atoms with van der Waals surface area (Å²) in [7, 11) is 1.66. The fraction of sp³-hybridized carbons (Fsp3) is 0.286. The average molecular weight is 397 g/mol. The Hall–Kier alpha value is -2.86. The third-order valence-electron chi connectivity index (χ3n) is 5.15. The number of ether oxygens (including phenoxy) is 1. The number of methoxy groups -OCH3 is 1. The molecule has 0 unspecified atom stereocenters. The van der Waals surface area contributed by atoms with Gasteiger partial charge in [0.2, 0.25) is 11.9 Å². The Labute approximate surface area is 168 Å².